The van der Waals surface area contributed by atoms with E-state index < -0.39 is 0 Å². The second-order valence-corrected chi connectivity index (χ2v) is 10.5. The molecule has 1 N–H and O–H groups in total. The van der Waals surface area contributed by atoms with Gasteiger partial charge in [0.1, 0.15) is 5.52 Å². The first-order valence-electron chi connectivity index (χ1n) is 11.8. The van der Waals surface area contributed by atoms with Gasteiger partial charge < -0.3 is 9.88 Å². The van der Waals surface area contributed by atoms with Crippen molar-refractivity contribution in [1.82, 2.24) is 30.0 Å². The fraction of sp³-hybridized carbons (Fsp3) is 0.222. The van der Waals surface area contributed by atoms with Gasteiger partial charge in [-0.25, -0.2) is 4.98 Å². The van der Waals surface area contributed by atoms with Gasteiger partial charge >= 0.3 is 0 Å². The van der Waals surface area contributed by atoms with Crippen LogP contribution >= 0.6 is 27.7 Å². The predicted molar refractivity (Wildman–Crippen MR) is 147 cm³/mol. The number of para-hydroxylation sites is 1. The average Bonchev–Trinajstić information content (AvgIpc) is 3.22. The standard InChI is InChI=1S/C27H25BrN6OS/c1-2-23(26(35)30-16-14-20-7-5-6-15-29-20)36-27-31-25-24(32-33-27)21-8-3-4-9-22(21)34(25)17-18-10-12-19(28)13-11-18/h3-13,15,23H,2,14,16-17H2,1H3,(H,30,35). The molecule has 3 heterocycles. The van der Waals surface area contributed by atoms with Crippen LogP contribution < -0.4 is 5.32 Å². The highest BCUT2D eigenvalue weighted by Crippen LogP contribution is 2.29. The van der Waals surface area contributed by atoms with E-state index in [2.05, 4.69) is 59.2 Å². The Balaban J connectivity index is 1.38. The molecule has 1 atom stereocenters. The number of aromatic nitrogens is 5. The smallest absolute Gasteiger partial charge is 0.233 e. The van der Waals surface area contributed by atoms with E-state index in [4.69, 9.17) is 4.98 Å². The predicted octanol–water partition coefficient (Wildman–Crippen LogP) is 5.41. The van der Waals surface area contributed by atoms with Gasteiger partial charge in [-0.1, -0.05) is 71.0 Å². The number of hydrogen-bond donors (Lipinski definition) is 1. The number of thioether (sulfide) groups is 1. The Morgan fingerprint density at radius 1 is 1.06 bits per heavy atom. The second kappa shape index (κ2) is 11.2. The lowest BCUT2D eigenvalue weighted by molar-refractivity contribution is -0.120. The number of halogens is 1. The maximum Gasteiger partial charge on any atom is 0.233 e. The van der Waals surface area contributed by atoms with Crippen LogP contribution in [0.25, 0.3) is 22.1 Å². The zero-order valence-electron chi connectivity index (χ0n) is 19.8. The molecular weight excluding hydrogens is 536 g/mol. The number of carbonyl (C=O) groups is 1. The molecule has 1 unspecified atom stereocenters. The van der Waals surface area contributed by atoms with Crippen LogP contribution in [-0.2, 0) is 17.8 Å². The van der Waals surface area contributed by atoms with Crippen LogP contribution in [0.15, 0.2) is 82.6 Å². The normalized spacial score (nSPS) is 12.2. The van der Waals surface area contributed by atoms with Crippen LogP contribution in [0, 0.1) is 0 Å². The maximum absolute atomic E-state index is 12.9. The molecule has 0 saturated heterocycles. The minimum absolute atomic E-state index is 0.0301. The molecule has 0 saturated carbocycles. The summed E-state index contributed by atoms with van der Waals surface area (Å²) >= 11 is 4.86. The van der Waals surface area contributed by atoms with Crippen molar-refractivity contribution >= 4 is 55.7 Å². The third-order valence-corrected chi connectivity index (χ3v) is 7.67. The number of fused-ring (bicyclic) bond motifs is 3. The van der Waals surface area contributed by atoms with E-state index in [9.17, 15) is 4.79 Å². The molecule has 0 aliphatic carbocycles. The van der Waals surface area contributed by atoms with Crippen molar-refractivity contribution in [2.75, 3.05) is 6.54 Å². The van der Waals surface area contributed by atoms with Crippen LogP contribution in [0.4, 0.5) is 0 Å². The molecule has 0 aliphatic rings. The average molecular weight is 562 g/mol. The number of benzene rings is 2. The number of amides is 1. The Labute approximate surface area is 221 Å². The second-order valence-electron chi connectivity index (χ2n) is 8.37. The number of hydrogen-bond acceptors (Lipinski definition) is 6. The number of carbonyl (C=O) groups excluding carboxylic acids is 1. The van der Waals surface area contributed by atoms with Crippen molar-refractivity contribution < 1.29 is 4.79 Å². The van der Waals surface area contributed by atoms with Crippen molar-refractivity contribution in [3.8, 4) is 0 Å². The lowest BCUT2D eigenvalue weighted by Crippen LogP contribution is -2.34. The highest BCUT2D eigenvalue weighted by atomic mass is 79.9. The molecule has 0 spiro atoms. The summed E-state index contributed by atoms with van der Waals surface area (Å²) in [6.07, 6.45) is 3.11. The summed E-state index contributed by atoms with van der Waals surface area (Å²) in [7, 11) is 0. The minimum Gasteiger partial charge on any atom is -0.355 e. The summed E-state index contributed by atoms with van der Waals surface area (Å²) < 4.78 is 3.21. The molecule has 2 aromatic carbocycles. The molecule has 7 nitrogen and oxygen atoms in total. The van der Waals surface area contributed by atoms with Gasteiger partial charge in [0.05, 0.1) is 10.8 Å². The zero-order valence-corrected chi connectivity index (χ0v) is 22.2. The van der Waals surface area contributed by atoms with Crippen molar-refractivity contribution in [3.63, 3.8) is 0 Å². The zero-order chi connectivity index (χ0) is 24.9. The van der Waals surface area contributed by atoms with Gasteiger partial charge in [-0.05, 0) is 42.3 Å². The van der Waals surface area contributed by atoms with Crippen molar-refractivity contribution in [2.24, 2.45) is 0 Å². The first kappa shape index (κ1) is 24.4. The van der Waals surface area contributed by atoms with Gasteiger partial charge in [0, 0.05) is 41.3 Å². The highest BCUT2D eigenvalue weighted by molar-refractivity contribution is 9.10. The molecule has 0 fully saturated rings. The first-order chi connectivity index (χ1) is 17.6. The number of pyridine rings is 1. The first-order valence-corrected chi connectivity index (χ1v) is 13.5. The molecule has 0 aliphatic heterocycles. The molecule has 9 heteroatoms. The van der Waals surface area contributed by atoms with E-state index in [1.165, 1.54) is 11.8 Å². The third kappa shape index (κ3) is 5.42. The summed E-state index contributed by atoms with van der Waals surface area (Å²) in [5.74, 6) is -0.0301. The quantitative estimate of drug-likeness (QED) is 0.242. The van der Waals surface area contributed by atoms with Gasteiger partial charge in [0.2, 0.25) is 11.1 Å². The van der Waals surface area contributed by atoms with Gasteiger partial charge in [-0.15, -0.1) is 10.2 Å². The Kier molecular flexibility index (Phi) is 7.58. The van der Waals surface area contributed by atoms with Crippen LogP contribution in [-0.4, -0.2) is 42.4 Å². The van der Waals surface area contributed by atoms with Gasteiger partial charge in [-0.2, -0.15) is 0 Å². The van der Waals surface area contributed by atoms with Crippen molar-refractivity contribution in [1.29, 1.82) is 0 Å². The van der Waals surface area contributed by atoms with Crippen molar-refractivity contribution in [3.05, 3.63) is 88.7 Å². The molecule has 3 aromatic heterocycles. The highest BCUT2D eigenvalue weighted by Gasteiger charge is 2.21. The molecular formula is C27H25BrN6OS. The van der Waals surface area contributed by atoms with Gasteiger partial charge in [0.25, 0.3) is 0 Å². The Morgan fingerprint density at radius 3 is 2.64 bits per heavy atom. The number of nitrogens with one attached hydrogen (secondary N) is 1. The van der Waals surface area contributed by atoms with E-state index in [1.54, 1.807) is 6.20 Å². The third-order valence-electron chi connectivity index (χ3n) is 5.93. The Morgan fingerprint density at radius 2 is 1.86 bits per heavy atom. The molecule has 0 bridgehead atoms. The fourth-order valence-corrected chi connectivity index (χ4v) is 5.20. The molecule has 1 amide bonds. The maximum atomic E-state index is 12.9. The SMILES string of the molecule is CCC(Sc1nnc2c3ccccc3n(Cc3ccc(Br)cc3)c2n1)C(=O)NCCc1ccccn1. The molecule has 5 aromatic rings. The van der Waals surface area contributed by atoms with Gasteiger partial charge in [-0.3, -0.25) is 9.78 Å². The van der Waals surface area contributed by atoms with E-state index in [-0.39, 0.29) is 11.2 Å². The van der Waals surface area contributed by atoms with Crippen LogP contribution in [0.2, 0.25) is 0 Å². The van der Waals surface area contributed by atoms with Gasteiger partial charge in [0.15, 0.2) is 5.65 Å². The molecule has 36 heavy (non-hydrogen) atoms. The van der Waals surface area contributed by atoms with Crippen LogP contribution in [0.1, 0.15) is 24.6 Å². The lowest BCUT2D eigenvalue weighted by atomic mass is 10.2. The summed E-state index contributed by atoms with van der Waals surface area (Å²) in [6.45, 7) is 3.18. The molecule has 182 valence electrons. The number of rotatable bonds is 9. The minimum atomic E-state index is -0.308. The van der Waals surface area contributed by atoms with E-state index >= 15 is 0 Å². The van der Waals surface area contributed by atoms with Crippen LogP contribution in [0.5, 0.6) is 0 Å². The fourth-order valence-electron chi connectivity index (χ4n) is 4.09. The summed E-state index contributed by atoms with van der Waals surface area (Å²) in [5.41, 5.74) is 4.70. The van der Waals surface area contributed by atoms with Crippen LogP contribution in [0.3, 0.4) is 0 Å². The summed E-state index contributed by atoms with van der Waals surface area (Å²) in [5, 5.41) is 13.1. The van der Waals surface area contributed by atoms with E-state index in [0.717, 1.165) is 37.8 Å². The van der Waals surface area contributed by atoms with E-state index in [0.29, 0.717) is 31.1 Å². The largest absolute Gasteiger partial charge is 0.355 e. The summed E-state index contributed by atoms with van der Waals surface area (Å²) in [6, 6.07) is 22.2. The molecule has 0 radical (unpaired) electrons. The molecule has 5 rings (SSSR count). The monoisotopic (exact) mass is 560 g/mol. The van der Waals surface area contributed by atoms with E-state index in [1.807, 2.05) is 55.5 Å². The number of nitrogens with zero attached hydrogens (tertiary/aromatic N) is 5. The van der Waals surface area contributed by atoms with Crippen molar-refractivity contribution in [2.45, 2.75) is 36.7 Å². The Bertz CT molecular complexity index is 1490. The lowest BCUT2D eigenvalue weighted by Gasteiger charge is -2.13. The topological polar surface area (TPSA) is 85.6 Å². The summed E-state index contributed by atoms with van der Waals surface area (Å²) in [4.78, 5) is 22.1. The Hall–Kier alpha value is -3.30.